The molecule has 1 aromatic heterocycles. The minimum atomic E-state index is 0.0903. The van der Waals surface area contributed by atoms with Gasteiger partial charge in [-0.3, -0.25) is 9.48 Å². The van der Waals surface area contributed by atoms with Gasteiger partial charge in [0.25, 0.3) is 0 Å². The van der Waals surface area contributed by atoms with Crippen molar-refractivity contribution in [3.05, 3.63) is 17.0 Å². The molecule has 1 fully saturated rings. The highest BCUT2D eigenvalue weighted by Gasteiger charge is 2.23. The lowest BCUT2D eigenvalue weighted by atomic mass is 10.1. The maximum atomic E-state index is 11.7. The van der Waals surface area contributed by atoms with Gasteiger partial charge in [-0.1, -0.05) is 0 Å². The van der Waals surface area contributed by atoms with Crippen molar-refractivity contribution in [1.29, 1.82) is 0 Å². The number of amides is 1. The Hall–Kier alpha value is -1.36. The minimum absolute atomic E-state index is 0.0903. The minimum Gasteiger partial charge on any atom is -0.352 e. The summed E-state index contributed by atoms with van der Waals surface area (Å²) < 4.78 is 2.01. The first-order valence-corrected chi connectivity index (χ1v) is 7.09. The molecule has 5 heteroatoms. The highest BCUT2D eigenvalue weighted by Crippen LogP contribution is 2.21. The SMILES string of the molecule is CCn1nc(C)c(C(C)NCC(=O)NC2CC2)c1C. The molecule has 1 aromatic rings. The smallest absolute Gasteiger partial charge is 0.234 e. The van der Waals surface area contributed by atoms with Gasteiger partial charge in [0, 0.05) is 29.9 Å². The molecule has 1 aliphatic rings. The number of carbonyl (C=O) groups excluding carboxylic acids is 1. The van der Waals surface area contributed by atoms with Crippen LogP contribution in [-0.4, -0.2) is 28.3 Å². The molecular weight excluding hydrogens is 240 g/mol. The van der Waals surface area contributed by atoms with Crippen LogP contribution in [0, 0.1) is 13.8 Å². The number of nitrogens with zero attached hydrogens (tertiary/aromatic N) is 2. The van der Waals surface area contributed by atoms with Crippen LogP contribution in [0.3, 0.4) is 0 Å². The molecule has 2 N–H and O–H groups in total. The zero-order valence-electron chi connectivity index (χ0n) is 12.3. The number of carbonyl (C=O) groups is 1. The molecule has 1 amide bonds. The van der Waals surface area contributed by atoms with Crippen LogP contribution in [0.25, 0.3) is 0 Å². The number of aromatic nitrogens is 2. The molecule has 19 heavy (non-hydrogen) atoms. The fraction of sp³-hybridized carbons (Fsp3) is 0.714. The average molecular weight is 264 g/mol. The molecule has 1 atom stereocenters. The predicted molar refractivity (Wildman–Crippen MR) is 75.0 cm³/mol. The third-order valence-corrected chi connectivity index (χ3v) is 3.68. The number of hydrogen-bond acceptors (Lipinski definition) is 3. The van der Waals surface area contributed by atoms with Gasteiger partial charge in [0.15, 0.2) is 0 Å². The van der Waals surface area contributed by atoms with Crippen molar-refractivity contribution >= 4 is 5.91 Å². The van der Waals surface area contributed by atoms with E-state index in [1.807, 2.05) is 11.6 Å². The van der Waals surface area contributed by atoms with Crippen LogP contribution < -0.4 is 10.6 Å². The molecule has 0 spiro atoms. The van der Waals surface area contributed by atoms with Gasteiger partial charge in [0.1, 0.15) is 0 Å². The van der Waals surface area contributed by atoms with Crippen LogP contribution in [0.5, 0.6) is 0 Å². The second-order valence-electron chi connectivity index (χ2n) is 5.34. The second-order valence-corrected chi connectivity index (χ2v) is 5.34. The summed E-state index contributed by atoms with van der Waals surface area (Å²) in [6.45, 7) is 9.53. The molecule has 0 saturated heterocycles. The summed E-state index contributed by atoms with van der Waals surface area (Å²) in [6, 6.07) is 0.571. The maximum absolute atomic E-state index is 11.7. The number of aryl methyl sites for hydroxylation is 2. The summed E-state index contributed by atoms with van der Waals surface area (Å²) in [5, 5.41) is 10.8. The Morgan fingerprint density at radius 1 is 1.47 bits per heavy atom. The van der Waals surface area contributed by atoms with Gasteiger partial charge in [-0.05, 0) is 40.5 Å². The lowest BCUT2D eigenvalue weighted by Gasteiger charge is -2.14. The maximum Gasteiger partial charge on any atom is 0.234 e. The summed E-state index contributed by atoms with van der Waals surface area (Å²) in [5.41, 5.74) is 3.44. The van der Waals surface area contributed by atoms with E-state index in [1.54, 1.807) is 0 Å². The average Bonchev–Trinajstić information content (AvgIpc) is 3.12. The van der Waals surface area contributed by atoms with Crippen molar-refractivity contribution < 1.29 is 4.79 Å². The highest BCUT2D eigenvalue weighted by atomic mass is 16.2. The zero-order chi connectivity index (χ0) is 14.0. The molecule has 1 heterocycles. The van der Waals surface area contributed by atoms with Crippen LogP contribution in [0.1, 0.15) is 49.7 Å². The molecule has 2 rings (SSSR count). The van der Waals surface area contributed by atoms with Gasteiger partial charge in [0.2, 0.25) is 5.91 Å². The third-order valence-electron chi connectivity index (χ3n) is 3.68. The summed E-state index contributed by atoms with van der Waals surface area (Å²) >= 11 is 0. The van der Waals surface area contributed by atoms with Crippen molar-refractivity contribution in [1.82, 2.24) is 20.4 Å². The Bertz CT molecular complexity index is 462. The molecule has 106 valence electrons. The van der Waals surface area contributed by atoms with E-state index in [-0.39, 0.29) is 11.9 Å². The molecule has 0 bridgehead atoms. The predicted octanol–water partition coefficient (Wildman–Crippen LogP) is 1.45. The molecule has 1 unspecified atom stereocenters. The normalized spacial score (nSPS) is 16.4. The van der Waals surface area contributed by atoms with E-state index < -0.39 is 0 Å². The molecule has 1 aliphatic carbocycles. The lowest BCUT2D eigenvalue weighted by Crippen LogP contribution is -2.36. The summed E-state index contributed by atoms with van der Waals surface area (Å²) in [6.07, 6.45) is 2.26. The summed E-state index contributed by atoms with van der Waals surface area (Å²) in [5.74, 6) is 0.0903. The standard InChI is InChI=1S/C14H24N4O/c1-5-18-11(4)14(10(3)17-18)9(2)15-8-13(19)16-12-6-7-12/h9,12,15H,5-8H2,1-4H3,(H,16,19). The van der Waals surface area contributed by atoms with Crippen molar-refractivity contribution in [3.63, 3.8) is 0 Å². The fourth-order valence-electron chi connectivity index (χ4n) is 2.50. The van der Waals surface area contributed by atoms with E-state index in [0.717, 1.165) is 25.1 Å². The fourth-order valence-corrected chi connectivity index (χ4v) is 2.50. The first kappa shape index (κ1) is 14.1. The summed E-state index contributed by atoms with van der Waals surface area (Å²) in [4.78, 5) is 11.7. The number of hydrogen-bond donors (Lipinski definition) is 2. The van der Waals surface area contributed by atoms with Crippen molar-refractivity contribution in [2.75, 3.05) is 6.54 Å². The van der Waals surface area contributed by atoms with E-state index in [4.69, 9.17) is 0 Å². The van der Waals surface area contributed by atoms with Crippen LogP contribution >= 0.6 is 0 Å². The Morgan fingerprint density at radius 2 is 2.16 bits per heavy atom. The number of rotatable bonds is 6. The van der Waals surface area contributed by atoms with Gasteiger partial charge >= 0.3 is 0 Å². The number of nitrogens with one attached hydrogen (secondary N) is 2. The van der Waals surface area contributed by atoms with Crippen LogP contribution in [0.4, 0.5) is 0 Å². The molecule has 0 radical (unpaired) electrons. The Kier molecular flexibility index (Phi) is 4.24. The first-order chi connectivity index (χ1) is 9.02. The molecule has 5 nitrogen and oxygen atoms in total. The van der Waals surface area contributed by atoms with Crippen molar-refractivity contribution in [2.24, 2.45) is 0 Å². The van der Waals surface area contributed by atoms with Gasteiger partial charge in [0.05, 0.1) is 12.2 Å². The zero-order valence-corrected chi connectivity index (χ0v) is 12.3. The largest absolute Gasteiger partial charge is 0.352 e. The quantitative estimate of drug-likeness (QED) is 0.817. The molecule has 0 aromatic carbocycles. The van der Waals surface area contributed by atoms with Crippen molar-refractivity contribution in [2.45, 2.75) is 59.2 Å². The summed E-state index contributed by atoms with van der Waals surface area (Å²) in [7, 11) is 0. The van der Waals surface area contributed by atoms with Gasteiger partial charge in [-0.15, -0.1) is 0 Å². The molecule has 1 saturated carbocycles. The lowest BCUT2D eigenvalue weighted by molar-refractivity contribution is -0.120. The first-order valence-electron chi connectivity index (χ1n) is 7.09. The van der Waals surface area contributed by atoms with E-state index >= 15 is 0 Å². The topological polar surface area (TPSA) is 59.0 Å². The van der Waals surface area contributed by atoms with E-state index in [0.29, 0.717) is 12.6 Å². The van der Waals surface area contributed by atoms with Crippen LogP contribution in [0.2, 0.25) is 0 Å². The van der Waals surface area contributed by atoms with Gasteiger partial charge < -0.3 is 10.6 Å². The van der Waals surface area contributed by atoms with Crippen molar-refractivity contribution in [3.8, 4) is 0 Å². The van der Waals surface area contributed by atoms with Gasteiger partial charge in [-0.25, -0.2) is 0 Å². The molecule has 0 aliphatic heterocycles. The monoisotopic (exact) mass is 264 g/mol. The Labute approximate surface area is 114 Å². The molecular formula is C14H24N4O. The van der Waals surface area contributed by atoms with E-state index in [2.05, 4.69) is 36.5 Å². The van der Waals surface area contributed by atoms with E-state index in [9.17, 15) is 4.79 Å². The highest BCUT2D eigenvalue weighted by molar-refractivity contribution is 5.78. The van der Waals surface area contributed by atoms with Gasteiger partial charge in [-0.2, -0.15) is 5.10 Å². The van der Waals surface area contributed by atoms with Crippen LogP contribution in [0.15, 0.2) is 0 Å². The Morgan fingerprint density at radius 3 is 2.68 bits per heavy atom. The third kappa shape index (κ3) is 3.35. The van der Waals surface area contributed by atoms with Crippen LogP contribution in [-0.2, 0) is 11.3 Å². The van der Waals surface area contributed by atoms with E-state index in [1.165, 1.54) is 11.3 Å². The Balaban J connectivity index is 1.93. The second kappa shape index (κ2) is 5.74.